The van der Waals surface area contributed by atoms with Crippen LogP contribution >= 0.6 is 0 Å². The molecule has 5 nitrogen and oxygen atoms in total. The molecule has 0 saturated carbocycles. The van der Waals surface area contributed by atoms with Gasteiger partial charge in [0.25, 0.3) is 0 Å². The van der Waals surface area contributed by atoms with Crippen LogP contribution in [0.5, 0.6) is 0 Å². The summed E-state index contributed by atoms with van der Waals surface area (Å²) in [5.41, 5.74) is 8.15. The molecule has 5 heteroatoms. The van der Waals surface area contributed by atoms with E-state index in [1.807, 2.05) is 18.2 Å². The predicted molar refractivity (Wildman–Crippen MR) is 85.0 cm³/mol. The van der Waals surface area contributed by atoms with Crippen molar-refractivity contribution in [1.29, 1.82) is 0 Å². The second kappa shape index (κ2) is 6.03. The molecule has 1 unspecified atom stereocenters. The van der Waals surface area contributed by atoms with Crippen molar-refractivity contribution in [2.45, 2.75) is 32.4 Å². The molecule has 3 rings (SSSR count). The van der Waals surface area contributed by atoms with Gasteiger partial charge in [-0.05, 0) is 51.2 Å². The Hall–Kier alpha value is -1.59. The molecule has 0 bridgehead atoms. The minimum absolute atomic E-state index is 0.667. The number of benzene rings is 1. The number of hydrogen-bond acceptors (Lipinski definition) is 5. The maximum absolute atomic E-state index is 5.79. The summed E-state index contributed by atoms with van der Waals surface area (Å²) in [5, 5.41) is 0. The number of likely N-dealkylation sites (N-methyl/N-ethyl adjacent to an activating group) is 2. The second-order valence-corrected chi connectivity index (χ2v) is 5.96. The minimum atomic E-state index is 0.667. The first-order valence-electron chi connectivity index (χ1n) is 7.73. The maximum Gasteiger partial charge on any atom is 0.209 e. The zero-order valence-corrected chi connectivity index (χ0v) is 12.9. The zero-order chi connectivity index (χ0) is 14.8. The molecule has 1 aliphatic rings. The average Bonchev–Trinajstić information content (AvgIpc) is 3.03. The molecule has 1 fully saturated rings. The van der Waals surface area contributed by atoms with Crippen LogP contribution in [0.1, 0.15) is 25.7 Å². The topological polar surface area (TPSA) is 58.5 Å². The monoisotopic (exact) mass is 288 g/mol. The molecule has 0 spiro atoms. The second-order valence-electron chi connectivity index (χ2n) is 5.96. The van der Waals surface area contributed by atoms with Crippen molar-refractivity contribution < 1.29 is 4.42 Å². The molecular weight excluding hydrogens is 264 g/mol. The van der Waals surface area contributed by atoms with Crippen LogP contribution in [-0.2, 0) is 6.54 Å². The van der Waals surface area contributed by atoms with Crippen LogP contribution in [0.4, 0.5) is 5.69 Å². The lowest BCUT2D eigenvalue weighted by molar-refractivity contribution is 0.186. The first kappa shape index (κ1) is 14.4. The summed E-state index contributed by atoms with van der Waals surface area (Å²) >= 11 is 0. The van der Waals surface area contributed by atoms with Gasteiger partial charge in [-0.2, -0.15) is 0 Å². The van der Waals surface area contributed by atoms with Crippen LogP contribution in [0, 0.1) is 0 Å². The number of aromatic nitrogens is 1. The van der Waals surface area contributed by atoms with E-state index in [2.05, 4.69) is 28.8 Å². The smallest absolute Gasteiger partial charge is 0.209 e. The summed E-state index contributed by atoms with van der Waals surface area (Å²) < 4.78 is 5.79. The Kier molecular flexibility index (Phi) is 4.12. The Labute approximate surface area is 125 Å². The molecule has 1 saturated heterocycles. The molecule has 0 radical (unpaired) electrons. The highest BCUT2D eigenvalue weighted by Gasteiger charge is 2.24. The van der Waals surface area contributed by atoms with Gasteiger partial charge in [0.05, 0.1) is 6.54 Å². The SMILES string of the molecule is CCN1CCCC1CN(C)Cc1nc2cc(N)ccc2o1. The molecule has 1 aliphatic heterocycles. The maximum atomic E-state index is 5.79. The molecule has 2 aromatic rings. The number of likely N-dealkylation sites (tertiary alicyclic amines) is 1. The number of nitrogen functional groups attached to an aromatic ring is 1. The van der Waals surface area contributed by atoms with E-state index in [0.717, 1.165) is 42.3 Å². The number of oxazole rings is 1. The summed E-state index contributed by atoms with van der Waals surface area (Å²) in [5.74, 6) is 0.763. The van der Waals surface area contributed by atoms with Gasteiger partial charge in [-0.3, -0.25) is 9.80 Å². The quantitative estimate of drug-likeness (QED) is 0.856. The van der Waals surface area contributed by atoms with E-state index < -0.39 is 0 Å². The van der Waals surface area contributed by atoms with Gasteiger partial charge in [-0.25, -0.2) is 4.98 Å². The highest BCUT2D eigenvalue weighted by Crippen LogP contribution is 2.20. The molecule has 1 aromatic heterocycles. The van der Waals surface area contributed by atoms with E-state index in [4.69, 9.17) is 10.2 Å². The third-order valence-electron chi connectivity index (χ3n) is 4.29. The highest BCUT2D eigenvalue weighted by molar-refractivity contribution is 5.76. The van der Waals surface area contributed by atoms with E-state index in [-0.39, 0.29) is 0 Å². The highest BCUT2D eigenvalue weighted by atomic mass is 16.3. The van der Waals surface area contributed by atoms with Gasteiger partial charge >= 0.3 is 0 Å². The molecular formula is C16H24N4O. The van der Waals surface area contributed by atoms with Crippen LogP contribution < -0.4 is 5.73 Å². The Bertz CT molecular complexity index is 609. The van der Waals surface area contributed by atoms with Crippen molar-refractivity contribution in [3.8, 4) is 0 Å². The van der Waals surface area contributed by atoms with Gasteiger partial charge in [0, 0.05) is 18.3 Å². The van der Waals surface area contributed by atoms with Crippen molar-refractivity contribution in [3.05, 3.63) is 24.1 Å². The van der Waals surface area contributed by atoms with E-state index in [9.17, 15) is 0 Å². The van der Waals surface area contributed by atoms with Crippen LogP contribution in [0.15, 0.2) is 22.6 Å². The summed E-state index contributed by atoms with van der Waals surface area (Å²) in [6.45, 7) is 6.42. The lowest BCUT2D eigenvalue weighted by Crippen LogP contribution is -2.38. The summed E-state index contributed by atoms with van der Waals surface area (Å²) in [7, 11) is 2.13. The molecule has 2 heterocycles. The normalized spacial score (nSPS) is 19.9. The lowest BCUT2D eigenvalue weighted by atomic mass is 10.2. The molecule has 1 aromatic carbocycles. The molecule has 1 atom stereocenters. The fourth-order valence-electron chi connectivity index (χ4n) is 3.23. The number of nitrogens with two attached hydrogens (primary N) is 1. The van der Waals surface area contributed by atoms with Crippen molar-refractivity contribution in [1.82, 2.24) is 14.8 Å². The van der Waals surface area contributed by atoms with Crippen molar-refractivity contribution in [2.75, 3.05) is 32.4 Å². The van der Waals surface area contributed by atoms with Gasteiger partial charge < -0.3 is 10.2 Å². The number of anilines is 1. The van der Waals surface area contributed by atoms with Gasteiger partial charge in [-0.15, -0.1) is 0 Å². The first-order valence-corrected chi connectivity index (χ1v) is 7.73. The third-order valence-corrected chi connectivity index (χ3v) is 4.29. The Morgan fingerprint density at radius 1 is 1.48 bits per heavy atom. The van der Waals surface area contributed by atoms with Crippen LogP contribution in [0.2, 0.25) is 0 Å². The lowest BCUT2D eigenvalue weighted by Gasteiger charge is -2.26. The largest absolute Gasteiger partial charge is 0.439 e. The first-order chi connectivity index (χ1) is 10.2. The number of rotatable bonds is 5. The molecule has 114 valence electrons. The van der Waals surface area contributed by atoms with E-state index >= 15 is 0 Å². The van der Waals surface area contributed by atoms with Gasteiger partial charge in [-0.1, -0.05) is 6.92 Å². The Balaban J connectivity index is 1.64. The molecule has 2 N–H and O–H groups in total. The zero-order valence-electron chi connectivity index (χ0n) is 12.9. The average molecular weight is 288 g/mol. The Morgan fingerprint density at radius 3 is 3.14 bits per heavy atom. The van der Waals surface area contributed by atoms with Crippen molar-refractivity contribution >= 4 is 16.8 Å². The Morgan fingerprint density at radius 2 is 2.33 bits per heavy atom. The summed E-state index contributed by atoms with van der Waals surface area (Å²) in [4.78, 5) is 9.38. The standard InChI is InChI=1S/C16H24N4O/c1-3-20-8-4-5-13(20)10-19(2)11-16-18-14-9-12(17)6-7-15(14)21-16/h6-7,9,13H,3-5,8,10-11,17H2,1-2H3. The fraction of sp³-hybridized carbons (Fsp3) is 0.562. The minimum Gasteiger partial charge on any atom is -0.439 e. The van der Waals surface area contributed by atoms with Crippen LogP contribution in [-0.4, -0.2) is 47.5 Å². The summed E-state index contributed by atoms with van der Waals surface area (Å²) in [6, 6.07) is 6.26. The molecule has 0 amide bonds. The van der Waals surface area contributed by atoms with Gasteiger partial charge in [0.2, 0.25) is 5.89 Å². The van der Waals surface area contributed by atoms with Crippen LogP contribution in [0.25, 0.3) is 11.1 Å². The predicted octanol–water partition coefficient (Wildman–Crippen LogP) is 2.33. The fourth-order valence-corrected chi connectivity index (χ4v) is 3.23. The van der Waals surface area contributed by atoms with Crippen LogP contribution in [0.3, 0.4) is 0 Å². The van der Waals surface area contributed by atoms with E-state index in [1.165, 1.54) is 19.4 Å². The van der Waals surface area contributed by atoms with E-state index in [0.29, 0.717) is 6.04 Å². The van der Waals surface area contributed by atoms with Crippen molar-refractivity contribution in [3.63, 3.8) is 0 Å². The number of nitrogens with zero attached hydrogens (tertiary/aromatic N) is 3. The van der Waals surface area contributed by atoms with E-state index in [1.54, 1.807) is 0 Å². The molecule has 0 aliphatic carbocycles. The van der Waals surface area contributed by atoms with Crippen molar-refractivity contribution in [2.24, 2.45) is 0 Å². The molecule has 21 heavy (non-hydrogen) atoms. The van der Waals surface area contributed by atoms with Gasteiger partial charge in [0.1, 0.15) is 5.52 Å². The number of fused-ring (bicyclic) bond motifs is 1. The van der Waals surface area contributed by atoms with Gasteiger partial charge in [0.15, 0.2) is 5.58 Å². The number of hydrogen-bond donors (Lipinski definition) is 1. The third kappa shape index (κ3) is 3.19. The summed E-state index contributed by atoms with van der Waals surface area (Å²) in [6.07, 6.45) is 2.61.